The van der Waals surface area contributed by atoms with Crippen molar-refractivity contribution in [3.05, 3.63) is 36.3 Å². The van der Waals surface area contributed by atoms with Gasteiger partial charge in [0.15, 0.2) is 5.65 Å². The summed E-state index contributed by atoms with van der Waals surface area (Å²) in [6.45, 7) is 4.61. The molecule has 1 aliphatic rings. The molecule has 1 aliphatic heterocycles. The summed E-state index contributed by atoms with van der Waals surface area (Å²) < 4.78 is 7.02. The van der Waals surface area contributed by atoms with Crippen molar-refractivity contribution in [2.24, 2.45) is 0 Å². The number of piperazine rings is 1. The molecule has 0 unspecified atom stereocenters. The van der Waals surface area contributed by atoms with E-state index in [0.717, 1.165) is 48.5 Å². The number of pyridine rings is 1. The van der Waals surface area contributed by atoms with Crippen LogP contribution in [0.1, 0.15) is 10.4 Å². The monoisotopic (exact) mass is 368 g/mol. The number of ether oxygens (including phenoxy) is 1. The van der Waals surface area contributed by atoms with Crippen LogP contribution in [0.5, 0.6) is 0 Å². The third kappa shape index (κ3) is 3.22. The molecule has 8 nitrogen and oxygen atoms in total. The van der Waals surface area contributed by atoms with E-state index in [1.54, 1.807) is 13.4 Å². The number of hydrogen-bond acceptors (Lipinski definition) is 6. The van der Waals surface area contributed by atoms with E-state index < -0.39 is 0 Å². The van der Waals surface area contributed by atoms with Gasteiger partial charge in [0.2, 0.25) is 0 Å². The highest BCUT2D eigenvalue weighted by Gasteiger charge is 2.25. The second-order valence-corrected chi connectivity index (χ2v) is 6.77. The van der Waals surface area contributed by atoms with Gasteiger partial charge in [0, 0.05) is 46.0 Å². The number of nitrogens with zero attached hydrogens (tertiary/aromatic N) is 5. The van der Waals surface area contributed by atoms with E-state index in [1.165, 1.54) is 0 Å². The number of rotatable bonds is 5. The molecule has 0 spiro atoms. The average molecular weight is 368 g/mol. The Kier molecular flexibility index (Phi) is 4.91. The molecule has 1 saturated heterocycles. The molecule has 4 heterocycles. The summed E-state index contributed by atoms with van der Waals surface area (Å²) in [5.74, 6) is 0.699. The number of nitrogens with one attached hydrogen (secondary N) is 1. The largest absolute Gasteiger partial charge is 0.383 e. The van der Waals surface area contributed by atoms with Crippen molar-refractivity contribution in [1.29, 1.82) is 0 Å². The topological polar surface area (TPSA) is 75.0 Å². The number of fused-ring (bicyclic) bond motifs is 3. The minimum atomic E-state index is -0.129. The van der Waals surface area contributed by atoms with Gasteiger partial charge in [-0.05, 0) is 19.2 Å². The molecule has 0 atom stereocenters. The average Bonchev–Trinajstić information content (AvgIpc) is 3.03. The number of hydrogen-bond donors (Lipinski definition) is 1. The molecule has 27 heavy (non-hydrogen) atoms. The molecule has 142 valence electrons. The van der Waals surface area contributed by atoms with Gasteiger partial charge >= 0.3 is 0 Å². The van der Waals surface area contributed by atoms with Crippen molar-refractivity contribution in [2.45, 2.75) is 0 Å². The fourth-order valence-corrected chi connectivity index (χ4v) is 3.58. The van der Waals surface area contributed by atoms with Crippen LogP contribution < -0.4 is 10.2 Å². The van der Waals surface area contributed by atoms with Gasteiger partial charge in [-0.15, -0.1) is 0 Å². The molecule has 1 amide bonds. The van der Waals surface area contributed by atoms with E-state index in [4.69, 9.17) is 4.74 Å². The van der Waals surface area contributed by atoms with E-state index in [0.29, 0.717) is 18.7 Å². The Balaban J connectivity index is 1.86. The van der Waals surface area contributed by atoms with Crippen LogP contribution in [0, 0.1) is 0 Å². The van der Waals surface area contributed by atoms with Crippen LogP contribution >= 0.6 is 0 Å². The molecular weight excluding hydrogens is 344 g/mol. The van der Waals surface area contributed by atoms with Crippen LogP contribution in [-0.4, -0.2) is 78.7 Å². The summed E-state index contributed by atoms with van der Waals surface area (Å²) in [7, 11) is 3.74. The number of amides is 1. The number of methoxy groups -OCH3 is 1. The van der Waals surface area contributed by atoms with Crippen LogP contribution in [0.25, 0.3) is 16.6 Å². The number of aromatic nitrogens is 3. The summed E-state index contributed by atoms with van der Waals surface area (Å²) in [5, 5.41) is 3.76. The third-order valence-electron chi connectivity index (χ3n) is 5.02. The predicted octanol–water partition coefficient (Wildman–Crippen LogP) is 1.01. The first-order chi connectivity index (χ1) is 13.2. The quantitative estimate of drug-likeness (QED) is 0.678. The van der Waals surface area contributed by atoms with Gasteiger partial charge < -0.3 is 24.3 Å². The van der Waals surface area contributed by atoms with E-state index in [2.05, 4.69) is 32.1 Å². The van der Waals surface area contributed by atoms with Gasteiger partial charge in [0.05, 0.1) is 23.1 Å². The molecule has 3 aromatic heterocycles. The zero-order valence-corrected chi connectivity index (χ0v) is 15.7. The zero-order valence-electron chi connectivity index (χ0n) is 15.7. The van der Waals surface area contributed by atoms with Crippen molar-refractivity contribution in [1.82, 2.24) is 24.6 Å². The second kappa shape index (κ2) is 7.50. The number of carbonyl (C=O) groups excluding carboxylic acids is 1. The Hall–Kier alpha value is -2.71. The molecule has 1 N–H and O–H groups in total. The lowest BCUT2D eigenvalue weighted by atomic mass is 10.1. The Morgan fingerprint density at radius 3 is 2.81 bits per heavy atom. The van der Waals surface area contributed by atoms with Gasteiger partial charge in [-0.3, -0.25) is 4.79 Å². The molecule has 0 aliphatic carbocycles. The van der Waals surface area contributed by atoms with Gasteiger partial charge in [0.25, 0.3) is 5.91 Å². The van der Waals surface area contributed by atoms with Gasteiger partial charge in [-0.1, -0.05) is 6.07 Å². The highest BCUT2D eigenvalue weighted by molar-refractivity contribution is 6.16. The summed E-state index contributed by atoms with van der Waals surface area (Å²) >= 11 is 0. The van der Waals surface area contributed by atoms with Crippen LogP contribution in [0.15, 0.2) is 30.7 Å². The van der Waals surface area contributed by atoms with E-state index in [9.17, 15) is 4.79 Å². The number of carbonyl (C=O) groups is 1. The second-order valence-electron chi connectivity index (χ2n) is 6.77. The standard InChI is InChI=1S/C19H24N6O2/c1-23-8-10-24(11-9-23)17-16-15(19(26)20-6-12-27-2)14-5-3-4-7-25(14)18(16)22-13-21-17/h3-5,7,13H,6,8-12H2,1-2H3,(H,20,26). The maximum Gasteiger partial charge on any atom is 0.254 e. The highest BCUT2D eigenvalue weighted by Crippen LogP contribution is 2.32. The molecule has 1 fully saturated rings. The lowest BCUT2D eigenvalue weighted by Crippen LogP contribution is -2.45. The fraction of sp³-hybridized carbons (Fsp3) is 0.421. The van der Waals surface area contributed by atoms with Crippen molar-refractivity contribution in [3.63, 3.8) is 0 Å². The van der Waals surface area contributed by atoms with E-state index in [-0.39, 0.29) is 5.91 Å². The lowest BCUT2D eigenvalue weighted by molar-refractivity contribution is 0.0940. The first-order valence-corrected chi connectivity index (χ1v) is 9.15. The van der Waals surface area contributed by atoms with Crippen molar-refractivity contribution in [2.75, 3.05) is 58.4 Å². The van der Waals surface area contributed by atoms with Crippen molar-refractivity contribution >= 4 is 28.3 Å². The van der Waals surface area contributed by atoms with Crippen LogP contribution in [0.3, 0.4) is 0 Å². The summed E-state index contributed by atoms with van der Waals surface area (Å²) in [4.78, 5) is 26.6. The maximum atomic E-state index is 13.0. The van der Waals surface area contributed by atoms with Gasteiger partial charge in [0.1, 0.15) is 12.1 Å². The Labute approximate surface area is 157 Å². The van der Waals surface area contributed by atoms with Crippen LogP contribution in [0.2, 0.25) is 0 Å². The van der Waals surface area contributed by atoms with Gasteiger partial charge in [-0.25, -0.2) is 9.97 Å². The van der Waals surface area contributed by atoms with Crippen molar-refractivity contribution in [3.8, 4) is 0 Å². The number of anilines is 1. The smallest absolute Gasteiger partial charge is 0.254 e. The Bertz CT molecular complexity index is 961. The number of likely N-dealkylation sites (N-methyl/N-ethyl adjacent to an activating group) is 1. The lowest BCUT2D eigenvalue weighted by Gasteiger charge is -2.33. The summed E-state index contributed by atoms with van der Waals surface area (Å²) in [6, 6.07) is 5.82. The van der Waals surface area contributed by atoms with E-state index >= 15 is 0 Å². The van der Waals surface area contributed by atoms with Gasteiger partial charge in [-0.2, -0.15) is 0 Å². The Morgan fingerprint density at radius 1 is 1.22 bits per heavy atom. The minimum absolute atomic E-state index is 0.129. The molecule has 0 radical (unpaired) electrons. The fourth-order valence-electron chi connectivity index (χ4n) is 3.58. The summed E-state index contributed by atoms with van der Waals surface area (Å²) in [6.07, 6.45) is 3.52. The molecule has 8 heteroatoms. The molecule has 0 aromatic carbocycles. The van der Waals surface area contributed by atoms with Crippen molar-refractivity contribution < 1.29 is 9.53 Å². The molecular formula is C19H24N6O2. The maximum absolute atomic E-state index is 13.0. The third-order valence-corrected chi connectivity index (χ3v) is 5.02. The molecule has 3 aromatic rings. The molecule has 0 bridgehead atoms. The molecule has 0 saturated carbocycles. The highest BCUT2D eigenvalue weighted by atomic mass is 16.5. The van der Waals surface area contributed by atoms with Crippen LogP contribution in [-0.2, 0) is 4.74 Å². The Morgan fingerprint density at radius 2 is 2.04 bits per heavy atom. The zero-order chi connectivity index (χ0) is 18.8. The first kappa shape index (κ1) is 17.7. The molecule has 4 rings (SSSR count). The minimum Gasteiger partial charge on any atom is -0.383 e. The normalized spacial score (nSPS) is 15.6. The predicted molar refractivity (Wildman–Crippen MR) is 104 cm³/mol. The SMILES string of the molecule is COCCNC(=O)c1c2c(N3CCN(C)CC3)ncnc2n2ccccc12. The summed E-state index contributed by atoms with van der Waals surface area (Å²) in [5.41, 5.74) is 2.21. The van der Waals surface area contributed by atoms with E-state index in [1.807, 2.05) is 28.8 Å². The van der Waals surface area contributed by atoms with Crippen LogP contribution in [0.4, 0.5) is 5.82 Å². The first-order valence-electron chi connectivity index (χ1n) is 9.15.